The van der Waals surface area contributed by atoms with Gasteiger partial charge in [0, 0.05) is 22.3 Å². The lowest BCUT2D eigenvalue weighted by Gasteiger charge is -2.19. The molecule has 2 heterocycles. The number of aromatic nitrogens is 2. The maximum Gasteiger partial charge on any atom is 0.0763 e. The van der Waals surface area contributed by atoms with Crippen molar-refractivity contribution in [2.45, 2.75) is 13.0 Å². The number of hydrogen-bond donors (Lipinski definition) is 1. The zero-order valence-corrected chi connectivity index (χ0v) is 13.3. The fourth-order valence-electron chi connectivity index (χ4n) is 2.45. The Morgan fingerprint density at radius 2 is 1.90 bits per heavy atom. The van der Waals surface area contributed by atoms with Gasteiger partial charge >= 0.3 is 0 Å². The Kier molecular flexibility index (Phi) is 4.27. The van der Waals surface area contributed by atoms with Crippen molar-refractivity contribution in [3.8, 4) is 0 Å². The van der Waals surface area contributed by atoms with Crippen LogP contribution in [0.2, 0.25) is 0 Å². The monoisotopic (exact) mass is 341 g/mol. The van der Waals surface area contributed by atoms with Crippen LogP contribution < -0.4 is 5.32 Å². The van der Waals surface area contributed by atoms with Gasteiger partial charge in [-0.05, 0) is 52.3 Å². The number of halogens is 1. The molecule has 0 saturated heterocycles. The molecule has 3 rings (SSSR count). The second-order valence-electron chi connectivity index (χ2n) is 4.82. The highest BCUT2D eigenvalue weighted by atomic mass is 79.9. The van der Waals surface area contributed by atoms with E-state index < -0.39 is 0 Å². The van der Waals surface area contributed by atoms with Gasteiger partial charge in [0.15, 0.2) is 0 Å². The van der Waals surface area contributed by atoms with Crippen molar-refractivity contribution < 1.29 is 0 Å². The summed E-state index contributed by atoms with van der Waals surface area (Å²) >= 11 is 3.60. The van der Waals surface area contributed by atoms with Gasteiger partial charge in [0.05, 0.1) is 17.3 Å². The Hall–Kier alpha value is -1.78. The lowest BCUT2D eigenvalue weighted by atomic mass is 10.0. The lowest BCUT2D eigenvalue weighted by Crippen LogP contribution is -2.23. The fourth-order valence-corrected chi connectivity index (χ4v) is 2.93. The topological polar surface area (TPSA) is 37.8 Å². The van der Waals surface area contributed by atoms with E-state index in [-0.39, 0.29) is 6.04 Å². The summed E-state index contributed by atoms with van der Waals surface area (Å²) < 4.78 is 1.01. The predicted molar refractivity (Wildman–Crippen MR) is 89.2 cm³/mol. The van der Waals surface area contributed by atoms with Gasteiger partial charge in [-0.2, -0.15) is 0 Å². The summed E-state index contributed by atoms with van der Waals surface area (Å²) in [6, 6.07) is 14.4. The van der Waals surface area contributed by atoms with Crippen LogP contribution in [0.5, 0.6) is 0 Å². The maximum absolute atomic E-state index is 4.52. The number of rotatable bonds is 4. The summed E-state index contributed by atoms with van der Waals surface area (Å²) in [5, 5.41) is 4.65. The Bertz CT molecular complexity index is 758. The number of fused-ring (bicyclic) bond motifs is 1. The van der Waals surface area contributed by atoms with E-state index in [0.717, 1.165) is 27.6 Å². The highest BCUT2D eigenvalue weighted by molar-refractivity contribution is 9.10. The summed E-state index contributed by atoms with van der Waals surface area (Å²) in [5.74, 6) is 0. The summed E-state index contributed by atoms with van der Waals surface area (Å²) in [6.45, 7) is 2.97. The van der Waals surface area contributed by atoms with Crippen molar-refractivity contribution in [2.75, 3.05) is 6.54 Å². The molecule has 0 aliphatic heterocycles. The van der Waals surface area contributed by atoms with Gasteiger partial charge in [-0.1, -0.05) is 25.1 Å². The van der Waals surface area contributed by atoms with Crippen LogP contribution in [0.4, 0.5) is 0 Å². The molecule has 0 amide bonds. The molecule has 3 aromatic rings. The first-order valence-corrected chi connectivity index (χ1v) is 7.77. The van der Waals surface area contributed by atoms with Gasteiger partial charge < -0.3 is 5.32 Å². The van der Waals surface area contributed by atoms with Gasteiger partial charge in [-0.25, -0.2) is 0 Å². The molecule has 0 aliphatic rings. The van der Waals surface area contributed by atoms with Gasteiger partial charge in [-0.3, -0.25) is 9.97 Å². The van der Waals surface area contributed by atoms with Crippen molar-refractivity contribution in [3.63, 3.8) is 0 Å². The highest BCUT2D eigenvalue weighted by Gasteiger charge is 2.17. The molecular formula is C17H16BrN3. The molecule has 0 fully saturated rings. The summed E-state index contributed by atoms with van der Waals surface area (Å²) in [4.78, 5) is 8.96. The zero-order valence-electron chi connectivity index (χ0n) is 11.8. The van der Waals surface area contributed by atoms with Crippen LogP contribution >= 0.6 is 15.9 Å². The second-order valence-corrected chi connectivity index (χ2v) is 5.67. The number of nitrogens with one attached hydrogen (secondary N) is 1. The molecule has 0 bridgehead atoms. The quantitative estimate of drug-likeness (QED) is 0.776. The molecule has 0 aliphatic carbocycles. The minimum Gasteiger partial charge on any atom is -0.305 e. The van der Waals surface area contributed by atoms with E-state index in [0.29, 0.717) is 0 Å². The van der Waals surface area contributed by atoms with Crippen LogP contribution in [-0.4, -0.2) is 16.5 Å². The summed E-state index contributed by atoms with van der Waals surface area (Å²) in [6.07, 6.45) is 3.65. The minimum atomic E-state index is 0.0528. The molecule has 1 N–H and O–H groups in total. The third-order valence-electron chi connectivity index (χ3n) is 3.43. The van der Waals surface area contributed by atoms with Gasteiger partial charge in [0.2, 0.25) is 0 Å². The van der Waals surface area contributed by atoms with E-state index in [1.54, 1.807) is 0 Å². The number of hydrogen-bond acceptors (Lipinski definition) is 3. The predicted octanol–water partition coefficient (Wildman–Crippen LogP) is 4.09. The van der Waals surface area contributed by atoms with Gasteiger partial charge in [0.1, 0.15) is 0 Å². The molecule has 0 saturated carbocycles. The number of pyridine rings is 2. The average molecular weight is 342 g/mol. The maximum atomic E-state index is 4.52. The second kappa shape index (κ2) is 6.33. The molecule has 0 spiro atoms. The smallest absolute Gasteiger partial charge is 0.0763 e. The van der Waals surface area contributed by atoms with Crippen LogP contribution in [-0.2, 0) is 0 Å². The minimum absolute atomic E-state index is 0.0528. The first-order chi connectivity index (χ1) is 10.3. The zero-order chi connectivity index (χ0) is 14.7. The molecule has 1 unspecified atom stereocenters. The molecule has 2 aromatic heterocycles. The van der Waals surface area contributed by atoms with Gasteiger partial charge in [0.25, 0.3) is 0 Å². The number of nitrogens with zero attached hydrogens (tertiary/aromatic N) is 2. The molecule has 3 nitrogen and oxygen atoms in total. The average Bonchev–Trinajstić information content (AvgIpc) is 2.53. The Morgan fingerprint density at radius 1 is 1.10 bits per heavy atom. The van der Waals surface area contributed by atoms with Crippen molar-refractivity contribution in [1.29, 1.82) is 0 Å². The molecule has 0 radical (unpaired) electrons. The molecule has 21 heavy (non-hydrogen) atoms. The Balaban J connectivity index is 2.09. The van der Waals surface area contributed by atoms with E-state index in [9.17, 15) is 0 Å². The SMILES string of the molecule is CCNC(c1ccc2cccnc2c1)c1ncccc1Br. The Labute approximate surface area is 132 Å². The van der Waals surface area contributed by atoms with Crippen LogP contribution in [0.3, 0.4) is 0 Å². The van der Waals surface area contributed by atoms with E-state index in [1.165, 1.54) is 5.56 Å². The van der Waals surface area contributed by atoms with Crippen molar-refractivity contribution in [1.82, 2.24) is 15.3 Å². The summed E-state index contributed by atoms with van der Waals surface area (Å²) in [7, 11) is 0. The van der Waals surface area contributed by atoms with Crippen molar-refractivity contribution in [2.24, 2.45) is 0 Å². The first-order valence-electron chi connectivity index (χ1n) is 6.98. The van der Waals surface area contributed by atoms with E-state index >= 15 is 0 Å². The van der Waals surface area contributed by atoms with Crippen LogP contribution in [0.25, 0.3) is 10.9 Å². The molecular weight excluding hydrogens is 326 g/mol. The van der Waals surface area contributed by atoms with Crippen molar-refractivity contribution in [3.05, 3.63) is 70.6 Å². The highest BCUT2D eigenvalue weighted by Crippen LogP contribution is 2.28. The van der Waals surface area contributed by atoms with E-state index in [2.05, 4.69) is 62.4 Å². The standard InChI is InChI=1S/C17H16BrN3/c1-2-19-16(17-14(18)6-4-10-21-17)13-8-7-12-5-3-9-20-15(12)11-13/h3-11,16,19H,2H2,1H3. The number of benzene rings is 1. The Morgan fingerprint density at radius 3 is 2.71 bits per heavy atom. The van der Waals surface area contributed by atoms with E-state index in [4.69, 9.17) is 0 Å². The molecule has 106 valence electrons. The van der Waals surface area contributed by atoms with Crippen LogP contribution in [0.15, 0.2) is 59.3 Å². The van der Waals surface area contributed by atoms with E-state index in [1.807, 2.05) is 30.6 Å². The van der Waals surface area contributed by atoms with Gasteiger partial charge in [-0.15, -0.1) is 0 Å². The fraction of sp³-hybridized carbons (Fsp3) is 0.176. The lowest BCUT2D eigenvalue weighted by molar-refractivity contribution is 0.613. The summed E-state index contributed by atoms with van der Waals surface area (Å²) in [5.41, 5.74) is 3.17. The van der Waals surface area contributed by atoms with Crippen LogP contribution in [0.1, 0.15) is 24.2 Å². The first kappa shape index (κ1) is 14.2. The molecule has 1 atom stereocenters. The third kappa shape index (κ3) is 2.96. The normalized spacial score (nSPS) is 12.5. The molecule has 4 heteroatoms. The molecule has 1 aromatic carbocycles. The van der Waals surface area contributed by atoms with Crippen LogP contribution in [0, 0.1) is 0 Å². The van der Waals surface area contributed by atoms with Crippen molar-refractivity contribution >= 4 is 26.8 Å². The third-order valence-corrected chi connectivity index (χ3v) is 4.10. The largest absolute Gasteiger partial charge is 0.305 e.